The lowest BCUT2D eigenvalue weighted by Gasteiger charge is -2.37. The van der Waals surface area contributed by atoms with Crippen LogP contribution in [0.25, 0.3) is 33.3 Å². The minimum Gasteiger partial charge on any atom is -0.464 e. The maximum absolute atomic E-state index is 16.3. The van der Waals surface area contributed by atoms with Crippen LogP contribution in [0.2, 0.25) is 0 Å². The summed E-state index contributed by atoms with van der Waals surface area (Å²) in [7, 11) is 2.88. The number of hydrogen-bond acceptors (Lipinski definition) is 9. The van der Waals surface area contributed by atoms with Crippen molar-refractivity contribution in [3.05, 3.63) is 90.3 Å². The number of aryl methyl sites for hydroxylation is 1. The highest BCUT2D eigenvalue weighted by Gasteiger charge is 2.57. The van der Waals surface area contributed by atoms with E-state index in [-0.39, 0.29) is 25.7 Å². The second-order valence-electron chi connectivity index (χ2n) is 19.2. The number of carbonyl (C=O) groups is 5. The number of carbonyl (C=O) groups excluding carboxylic acids is 5. The van der Waals surface area contributed by atoms with E-state index >= 15 is 8.78 Å². The van der Waals surface area contributed by atoms with Crippen molar-refractivity contribution in [1.29, 1.82) is 0 Å². The number of hydrazine groups is 1. The maximum atomic E-state index is 16.3. The first kappa shape index (κ1) is 48.9. The Morgan fingerprint density at radius 3 is 2.55 bits per heavy atom. The van der Waals surface area contributed by atoms with Gasteiger partial charge < -0.3 is 29.2 Å². The molecule has 0 radical (unpaired) electrons. The van der Waals surface area contributed by atoms with E-state index in [0.717, 1.165) is 60.4 Å². The normalized spacial score (nSPS) is 23.1. The molecular weight excluding hydrogens is 861 g/mol. The van der Waals surface area contributed by atoms with Crippen molar-refractivity contribution < 1.29 is 42.2 Å². The van der Waals surface area contributed by atoms with Gasteiger partial charge in [-0.05, 0) is 91.6 Å². The lowest BCUT2D eigenvalue weighted by Crippen LogP contribution is -2.63. The Morgan fingerprint density at radius 2 is 1.85 bits per heavy atom. The number of likely N-dealkylation sites (N-methyl/N-ethyl adjacent to an activating group) is 1. The van der Waals surface area contributed by atoms with E-state index in [4.69, 9.17) is 14.5 Å². The van der Waals surface area contributed by atoms with E-state index in [1.165, 1.54) is 12.1 Å². The summed E-state index contributed by atoms with van der Waals surface area (Å²) in [6, 6.07) is 14.6. The molecule has 3 aliphatic heterocycles. The number of ether oxygens (including phenoxy) is 2. The first-order valence-corrected chi connectivity index (χ1v) is 23.1. The number of hydrogen-bond donors (Lipinski definition) is 2. The monoisotopic (exact) mass is 923 g/mol. The number of amides is 4. The summed E-state index contributed by atoms with van der Waals surface area (Å²) in [6.07, 6.45) is 1.49. The van der Waals surface area contributed by atoms with Crippen LogP contribution in [0, 0.1) is 11.3 Å². The number of rotatable bonds is 10. The smallest absolute Gasteiger partial charge is 0.324 e. The standard InChI is InChI=1S/C51H63F2N7O7/c1-10-42(61)58-27-41(52)51(53,28-58)49(65)57(8)44(30(3)4)46(62)55-39-24-32-15-12-16-33(23-32)34-19-20-40-36(25-34)37(45(59(40)11-2)35-17-13-21-54-43(35)31(5)66-9)26-50(6,7)29-67-48(64)38-18-14-22-60(56-38)47(39)63/h10,12-13,15-17,19-21,23,25,30-31,38-39,41,44,56H,1,11,14,18,22,24,26-29H2,2-9H3,(H,55,62)/t31-,38-,39-,41+,44?,51-/m0/s1. The molecule has 7 rings (SSSR count). The van der Waals surface area contributed by atoms with Gasteiger partial charge in [-0.15, -0.1) is 0 Å². The number of esters is 1. The first-order chi connectivity index (χ1) is 31.8. The zero-order valence-electron chi connectivity index (χ0n) is 39.7. The van der Waals surface area contributed by atoms with Gasteiger partial charge in [0.2, 0.25) is 17.5 Å². The summed E-state index contributed by atoms with van der Waals surface area (Å²) in [5, 5.41) is 5.22. The minimum atomic E-state index is -3.11. The maximum Gasteiger partial charge on any atom is 0.324 e. The summed E-state index contributed by atoms with van der Waals surface area (Å²) < 4.78 is 45.8. The third kappa shape index (κ3) is 9.73. The Hall–Kier alpha value is -6.00. The highest BCUT2D eigenvalue weighted by atomic mass is 19.2. The molecule has 2 saturated heterocycles. The van der Waals surface area contributed by atoms with Gasteiger partial charge in [0.25, 0.3) is 11.8 Å². The summed E-state index contributed by atoms with van der Waals surface area (Å²) in [5.74, 6) is -4.46. The fourth-order valence-electron chi connectivity index (χ4n) is 9.87. The van der Waals surface area contributed by atoms with Crippen LogP contribution in [0.15, 0.2) is 73.4 Å². The van der Waals surface area contributed by atoms with E-state index in [1.807, 2.05) is 37.3 Å². The summed E-state index contributed by atoms with van der Waals surface area (Å²) in [6.45, 7) is 14.4. The van der Waals surface area contributed by atoms with Crippen LogP contribution < -0.4 is 10.7 Å². The van der Waals surface area contributed by atoms with Crippen LogP contribution in [0.1, 0.15) is 77.3 Å². The molecule has 6 bridgehead atoms. The Morgan fingerprint density at radius 1 is 1.10 bits per heavy atom. The van der Waals surface area contributed by atoms with Gasteiger partial charge in [-0.2, -0.15) is 0 Å². The predicted octanol–water partition coefficient (Wildman–Crippen LogP) is 6.30. The zero-order chi connectivity index (χ0) is 48.5. The van der Waals surface area contributed by atoms with Crippen molar-refractivity contribution in [3.8, 4) is 22.4 Å². The van der Waals surface area contributed by atoms with Crippen molar-refractivity contribution in [2.45, 2.75) is 110 Å². The van der Waals surface area contributed by atoms with Crippen molar-refractivity contribution in [3.63, 3.8) is 0 Å². The van der Waals surface area contributed by atoms with Gasteiger partial charge >= 0.3 is 5.97 Å². The van der Waals surface area contributed by atoms with Gasteiger partial charge in [-0.3, -0.25) is 34.0 Å². The molecule has 5 heterocycles. The van der Waals surface area contributed by atoms with Crippen LogP contribution in [0.3, 0.4) is 0 Å². The molecule has 0 spiro atoms. The lowest BCUT2D eigenvalue weighted by atomic mass is 9.84. The Bertz CT molecular complexity index is 2560. The second-order valence-corrected chi connectivity index (χ2v) is 19.2. The summed E-state index contributed by atoms with van der Waals surface area (Å²) in [5.41, 5.74) is 6.77. The van der Waals surface area contributed by atoms with Crippen LogP contribution in [0.4, 0.5) is 8.78 Å². The molecule has 0 saturated carbocycles. The van der Waals surface area contributed by atoms with E-state index in [1.54, 1.807) is 27.2 Å². The molecule has 4 amide bonds. The van der Waals surface area contributed by atoms with Gasteiger partial charge in [-0.25, -0.2) is 14.2 Å². The fraction of sp³-hybridized carbons (Fsp3) is 0.490. The molecule has 6 atom stereocenters. The zero-order valence-corrected chi connectivity index (χ0v) is 39.7. The molecule has 2 N–H and O–H groups in total. The quantitative estimate of drug-likeness (QED) is 0.138. The van der Waals surface area contributed by atoms with Crippen molar-refractivity contribution in [2.75, 3.05) is 40.4 Å². The van der Waals surface area contributed by atoms with Gasteiger partial charge in [0.05, 0.1) is 37.2 Å². The Kier molecular flexibility index (Phi) is 14.4. The molecule has 1 unspecified atom stereocenters. The van der Waals surface area contributed by atoms with Crippen LogP contribution in [-0.2, 0) is 52.8 Å². The van der Waals surface area contributed by atoms with Crippen LogP contribution >= 0.6 is 0 Å². The van der Waals surface area contributed by atoms with Gasteiger partial charge in [0.1, 0.15) is 18.1 Å². The molecule has 2 aromatic heterocycles. The number of likely N-dealkylation sites (tertiary alicyclic amines) is 1. The van der Waals surface area contributed by atoms with Gasteiger partial charge in [0.15, 0.2) is 6.17 Å². The number of fused-ring (bicyclic) bond motifs is 6. The number of alkyl halides is 2. The molecular formula is C51H63F2N7O7. The highest BCUT2D eigenvalue weighted by Crippen LogP contribution is 2.42. The second kappa shape index (κ2) is 19.7. The average Bonchev–Trinajstić information content (AvgIpc) is 3.80. The predicted molar refractivity (Wildman–Crippen MR) is 251 cm³/mol. The van der Waals surface area contributed by atoms with Crippen molar-refractivity contribution in [2.24, 2.45) is 11.3 Å². The summed E-state index contributed by atoms with van der Waals surface area (Å²) in [4.78, 5) is 75.6. The largest absolute Gasteiger partial charge is 0.464 e. The number of nitrogens with one attached hydrogen (secondary N) is 2. The number of halogens is 2. The van der Waals surface area contributed by atoms with Crippen molar-refractivity contribution in [1.82, 2.24) is 35.1 Å². The molecule has 0 aliphatic carbocycles. The molecule has 2 aromatic carbocycles. The Labute approximate surface area is 391 Å². The first-order valence-electron chi connectivity index (χ1n) is 23.1. The number of pyridine rings is 1. The number of methoxy groups -OCH3 is 1. The topological polar surface area (TPSA) is 155 Å². The molecule has 2 fully saturated rings. The van der Waals surface area contributed by atoms with E-state index in [2.05, 4.69) is 66.9 Å². The fourth-order valence-corrected chi connectivity index (χ4v) is 9.87. The molecule has 14 nitrogen and oxygen atoms in total. The third-order valence-electron chi connectivity index (χ3n) is 13.4. The Balaban J connectivity index is 1.30. The number of aromatic nitrogens is 2. The van der Waals surface area contributed by atoms with Crippen LogP contribution in [-0.4, -0.2) is 124 Å². The number of benzene rings is 2. The minimum absolute atomic E-state index is 0.00587. The lowest BCUT2D eigenvalue weighted by molar-refractivity contribution is -0.155. The SMILES string of the molecule is C=CC(=O)N1C[C@@H](F)[C@](F)(C(=O)N(C)C(C(=O)N[C@H]2Cc3cccc(c3)-c3ccc4c(c3)c(c(-c3cccnc3[C@H](C)OC)n4CC)CC(C)(C)COC(=O)[C@@H]3CCCN(N3)C2=O)C(C)C)C1. The third-order valence-corrected chi connectivity index (χ3v) is 13.4. The molecule has 67 heavy (non-hydrogen) atoms. The highest BCUT2D eigenvalue weighted by molar-refractivity contribution is 5.97. The number of nitrogens with zero attached hydrogens (tertiary/aromatic N) is 5. The van der Waals surface area contributed by atoms with Crippen LogP contribution in [0.5, 0.6) is 0 Å². The van der Waals surface area contributed by atoms with Gasteiger partial charge in [0, 0.05) is 61.7 Å². The van der Waals surface area contributed by atoms with E-state index in [0.29, 0.717) is 31.4 Å². The van der Waals surface area contributed by atoms with E-state index in [9.17, 15) is 24.0 Å². The van der Waals surface area contributed by atoms with Gasteiger partial charge in [-0.1, -0.05) is 64.6 Å². The summed E-state index contributed by atoms with van der Waals surface area (Å²) >= 11 is 0. The molecule has 358 valence electrons. The average molecular weight is 924 g/mol. The van der Waals surface area contributed by atoms with Crippen molar-refractivity contribution >= 4 is 40.5 Å². The molecule has 4 aromatic rings. The number of cyclic esters (lactones) is 1. The van der Waals surface area contributed by atoms with E-state index < -0.39 is 84.0 Å². The molecule has 3 aliphatic rings. The molecule has 16 heteroatoms.